The van der Waals surface area contributed by atoms with Crippen LogP contribution in [0.5, 0.6) is 5.88 Å². The van der Waals surface area contributed by atoms with Crippen LogP contribution in [0.4, 0.5) is 5.69 Å². The lowest BCUT2D eigenvalue weighted by molar-refractivity contribution is -0.118. The molecule has 0 unspecified atom stereocenters. The molecule has 5 rings (SSSR count). The Morgan fingerprint density at radius 1 is 1.03 bits per heavy atom. The van der Waals surface area contributed by atoms with Gasteiger partial charge in [0.2, 0.25) is 29.1 Å². The highest BCUT2D eigenvalue weighted by molar-refractivity contribution is 7.99. The zero-order chi connectivity index (χ0) is 23.8. The van der Waals surface area contributed by atoms with Gasteiger partial charge in [0.1, 0.15) is 0 Å². The SMILES string of the molecule is CCCSc1nnc2c(n1)O[C@H](c1cn(C(C)=O)c3ccccc13)N(C(C)=O)c1ccccc1-2. The van der Waals surface area contributed by atoms with E-state index in [1.807, 2.05) is 48.5 Å². The Morgan fingerprint density at radius 3 is 2.56 bits per heavy atom. The monoisotopic (exact) mass is 473 g/mol. The summed E-state index contributed by atoms with van der Waals surface area (Å²) in [6.07, 6.45) is 1.86. The van der Waals surface area contributed by atoms with Crippen LogP contribution in [0.3, 0.4) is 0 Å². The molecule has 0 spiro atoms. The van der Waals surface area contributed by atoms with Gasteiger partial charge in [-0.2, -0.15) is 4.98 Å². The molecule has 2 aromatic carbocycles. The van der Waals surface area contributed by atoms with Crippen molar-refractivity contribution in [1.29, 1.82) is 0 Å². The van der Waals surface area contributed by atoms with Crippen LogP contribution in [0, 0.1) is 0 Å². The van der Waals surface area contributed by atoms with Crippen LogP contribution in [0.2, 0.25) is 0 Å². The first-order chi connectivity index (χ1) is 16.5. The molecule has 1 aliphatic rings. The molecule has 0 bridgehead atoms. The van der Waals surface area contributed by atoms with Gasteiger partial charge in [0.25, 0.3) is 0 Å². The number of ether oxygens (including phenoxy) is 1. The lowest BCUT2D eigenvalue weighted by atomic mass is 10.1. The number of thioether (sulfide) groups is 1. The third-order valence-corrected chi connectivity index (χ3v) is 6.68. The van der Waals surface area contributed by atoms with Crippen LogP contribution in [0.1, 0.15) is 43.8 Å². The van der Waals surface area contributed by atoms with Gasteiger partial charge in [0, 0.05) is 42.3 Å². The molecule has 0 fully saturated rings. The molecule has 1 atom stereocenters. The predicted molar refractivity (Wildman–Crippen MR) is 131 cm³/mol. The molecule has 3 heterocycles. The molecule has 0 saturated carbocycles. The molecule has 1 aliphatic heterocycles. The van der Waals surface area contributed by atoms with E-state index in [9.17, 15) is 9.59 Å². The summed E-state index contributed by atoms with van der Waals surface area (Å²) in [5.74, 6) is 0.813. The molecular weight excluding hydrogens is 450 g/mol. The number of hydrogen-bond donors (Lipinski definition) is 0. The number of para-hydroxylation sites is 2. The Labute approximate surface area is 201 Å². The van der Waals surface area contributed by atoms with Crippen molar-refractivity contribution in [2.24, 2.45) is 0 Å². The fraction of sp³-hybridized carbons (Fsp3) is 0.240. The van der Waals surface area contributed by atoms with Crippen molar-refractivity contribution in [2.75, 3.05) is 10.7 Å². The first-order valence-corrected chi connectivity index (χ1v) is 12.0. The summed E-state index contributed by atoms with van der Waals surface area (Å²) < 4.78 is 8.05. The third-order valence-electron chi connectivity index (χ3n) is 5.63. The minimum atomic E-state index is -0.855. The van der Waals surface area contributed by atoms with E-state index in [2.05, 4.69) is 22.1 Å². The molecule has 9 heteroatoms. The van der Waals surface area contributed by atoms with Crippen LogP contribution in [0.15, 0.2) is 59.9 Å². The third kappa shape index (κ3) is 3.71. The van der Waals surface area contributed by atoms with Gasteiger partial charge in [-0.3, -0.25) is 19.1 Å². The minimum absolute atomic E-state index is 0.131. The average Bonchev–Trinajstić information content (AvgIpc) is 3.15. The lowest BCUT2D eigenvalue weighted by Crippen LogP contribution is -2.36. The summed E-state index contributed by atoms with van der Waals surface area (Å²) in [5, 5.41) is 10.1. The number of benzene rings is 2. The first-order valence-electron chi connectivity index (χ1n) is 11.0. The van der Waals surface area contributed by atoms with Gasteiger partial charge in [0.15, 0.2) is 5.69 Å². The molecule has 34 heavy (non-hydrogen) atoms. The molecule has 0 saturated heterocycles. The van der Waals surface area contributed by atoms with Crippen molar-refractivity contribution in [2.45, 2.75) is 38.6 Å². The van der Waals surface area contributed by atoms with Crippen LogP contribution in [0.25, 0.3) is 22.2 Å². The molecule has 8 nitrogen and oxygen atoms in total. The summed E-state index contributed by atoms with van der Waals surface area (Å²) in [7, 11) is 0. The van der Waals surface area contributed by atoms with E-state index < -0.39 is 6.23 Å². The largest absolute Gasteiger partial charge is 0.447 e. The molecule has 4 aromatic rings. The van der Waals surface area contributed by atoms with Crippen molar-refractivity contribution in [3.8, 4) is 17.1 Å². The number of carbonyl (C=O) groups excluding carboxylic acids is 2. The second-order valence-corrected chi connectivity index (χ2v) is 9.03. The summed E-state index contributed by atoms with van der Waals surface area (Å²) in [4.78, 5) is 31.7. The Balaban J connectivity index is 1.76. The van der Waals surface area contributed by atoms with Gasteiger partial charge in [-0.1, -0.05) is 55.1 Å². The second kappa shape index (κ2) is 8.90. The second-order valence-electron chi connectivity index (χ2n) is 7.96. The molecule has 1 amide bonds. The van der Waals surface area contributed by atoms with Crippen molar-refractivity contribution in [3.63, 3.8) is 0 Å². The first kappa shape index (κ1) is 22.1. The fourth-order valence-electron chi connectivity index (χ4n) is 4.17. The molecule has 0 aliphatic carbocycles. The molecule has 0 N–H and O–H groups in total. The van der Waals surface area contributed by atoms with E-state index in [0.29, 0.717) is 33.5 Å². The van der Waals surface area contributed by atoms with Gasteiger partial charge >= 0.3 is 0 Å². The summed E-state index contributed by atoms with van der Waals surface area (Å²) in [6.45, 7) is 5.09. The van der Waals surface area contributed by atoms with Gasteiger partial charge in [-0.05, 0) is 18.6 Å². The van der Waals surface area contributed by atoms with E-state index in [4.69, 9.17) is 4.74 Å². The van der Waals surface area contributed by atoms with Gasteiger partial charge in [-0.25, -0.2) is 0 Å². The van der Waals surface area contributed by atoms with Crippen LogP contribution in [-0.4, -0.2) is 37.3 Å². The molecular formula is C25H23N5O3S. The van der Waals surface area contributed by atoms with E-state index in [0.717, 1.165) is 23.1 Å². The summed E-state index contributed by atoms with van der Waals surface area (Å²) >= 11 is 1.50. The standard InChI is InChI=1S/C25H23N5O3S/c1-4-13-34-25-26-23-22(27-28-25)18-10-6-8-12-21(18)30(16(3)32)24(33-23)19-14-29(15(2)31)20-11-7-5-9-17(19)20/h5-12,14,24H,4,13H2,1-3H3/t24-/m1/s1. The Morgan fingerprint density at radius 2 is 1.79 bits per heavy atom. The Bertz CT molecular complexity index is 1420. The number of nitrogens with zero attached hydrogens (tertiary/aromatic N) is 5. The summed E-state index contributed by atoms with van der Waals surface area (Å²) in [5.41, 5.74) is 3.25. The fourth-order valence-corrected chi connectivity index (χ4v) is 4.81. The van der Waals surface area contributed by atoms with Gasteiger partial charge < -0.3 is 4.74 Å². The van der Waals surface area contributed by atoms with Crippen molar-refractivity contribution in [3.05, 3.63) is 60.3 Å². The van der Waals surface area contributed by atoms with E-state index in [-0.39, 0.29) is 11.8 Å². The number of anilines is 1. The summed E-state index contributed by atoms with van der Waals surface area (Å²) in [6, 6.07) is 15.0. The zero-order valence-electron chi connectivity index (χ0n) is 19.1. The van der Waals surface area contributed by atoms with Crippen molar-refractivity contribution >= 4 is 40.2 Å². The van der Waals surface area contributed by atoms with Crippen LogP contribution in [-0.2, 0) is 4.79 Å². The molecule has 2 aromatic heterocycles. The smallest absolute Gasteiger partial charge is 0.247 e. The highest BCUT2D eigenvalue weighted by atomic mass is 32.2. The van der Waals surface area contributed by atoms with Crippen molar-refractivity contribution in [1.82, 2.24) is 19.7 Å². The number of hydrogen-bond acceptors (Lipinski definition) is 7. The maximum Gasteiger partial charge on any atom is 0.247 e. The number of fused-ring (bicyclic) bond motifs is 4. The molecule has 0 radical (unpaired) electrons. The zero-order valence-corrected chi connectivity index (χ0v) is 19.9. The highest BCUT2D eigenvalue weighted by Gasteiger charge is 2.36. The highest BCUT2D eigenvalue weighted by Crippen LogP contribution is 2.44. The molecule has 172 valence electrons. The average molecular weight is 474 g/mol. The van der Waals surface area contributed by atoms with Crippen molar-refractivity contribution < 1.29 is 14.3 Å². The van der Waals surface area contributed by atoms with Gasteiger partial charge in [0.05, 0.1) is 11.2 Å². The Kier molecular flexibility index (Phi) is 5.79. The minimum Gasteiger partial charge on any atom is -0.447 e. The predicted octanol–water partition coefficient (Wildman–Crippen LogP) is 5.10. The lowest BCUT2D eigenvalue weighted by Gasteiger charge is -2.29. The van der Waals surface area contributed by atoms with E-state index in [1.54, 1.807) is 15.7 Å². The van der Waals surface area contributed by atoms with E-state index >= 15 is 0 Å². The number of rotatable bonds is 4. The Hall–Kier alpha value is -3.72. The van der Waals surface area contributed by atoms with Crippen LogP contribution >= 0.6 is 11.8 Å². The topological polar surface area (TPSA) is 90.2 Å². The number of aromatic nitrogens is 4. The quantitative estimate of drug-likeness (QED) is 0.381. The number of amides is 1. The van der Waals surface area contributed by atoms with E-state index in [1.165, 1.54) is 25.6 Å². The maximum absolute atomic E-state index is 13.0. The number of carbonyl (C=O) groups is 2. The van der Waals surface area contributed by atoms with Crippen LogP contribution < -0.4 is 9.64 Å². The van der Waals surface area contributed by atoms with Gasteiger partial charge in [-0.15, -0.1) is 10.2 Å². The normalized spacial score (nSPS) is 14.8. The maximum atomic E-state index is 13.0.